The molecule has 1 aromatic rings. The molecule has 0 bridgehead atoms. The van der Waals surface area contributed by atoms with E-state index in [1.807, 2.05) is 6.92 Å². The average molecular weight is 334 g/mol. The Hall–Kier alpha value is -1.44. The Labute approximate surface area is 118 Å². The van der Waals surface area contributed by atoms with Crippen molar-refractivity contribution in [2.45, 2.75) is 26.3 Å². The van der Waals surface area contributed by atoms with E-state index in [-0.39, 0.29) is 12.5 Å². The molecule has 1 aromatic heterocycles. The third-order valence-electron chi connectivity index (χ3n) is 2.87. The van der Waals surface area contributed by atoms with Crippen molar-refractivity contribution in [2.24, 2.45) is 13.0 Å². The van der Waals surface area contributed by atoms with Crippen molar-refractivity contribution in [3.05, 3.63) is 37.1 Å². The van der Waals surface area contributed by atoms with Crippen molar-refractivity contribution in [1.82, 2.24) is 9.13 Å². The highest BCUT2D eigenvalue weighted by Gasteiger charge is 2.20. The molecule has 0 saturated carbocycles. The van der Waals surface area contributed by atoms with Crippen LogP contribution in [0.15, 0.2) is 15.8 Å². The first-order chi connectivity index (χ1) is 8.92. The van der Waals surface area contributed by atoms with Gasteiger partial charge < -0.3 is 0 Å². The predicted octanol–water partition coefficient (Wildman–Crippen LogP) is 1.27. The fourth-order valence-corrected chi connectivity index (χ4v) is 2.41. The number of halogens is 1. The van der Waals surface area contributed by atoms with E-state index in [0.717, 1.165) is 28.2 Å². The fourth-order valence-electron chi connectivity index (χ4n) is 1.88. The Morgan fingerprint density at radius 2 is 2.11 bits per heavy atom. The van der Waals surface area contributed by atoms with Gasteiger partial charge in [-0.3, -0.25) is 24.0 Å². The average Bonchev–Trinajstić information content (AvgIpc) is 2.37. The zero-order chi connectivity index (χ0) is 14.6. The summed E-state index contributed by atoms with van der Waals surface area (Å²) in [5.74, 6) is 0.0948. The van der Waals surface area contributed by atoms with Gasteiger partial charge in [0.2, 0.25) is 0 Å². The summed E-state index contributed by atoms with van der Waals surface area (Å²) in [7, 11) is 1.40. The lowest BCUT2D eigenvalue weighted by Crippen LogP contribution is -2.41. The molecule has 19 heavy (non-hydrogen) atoms. The third-order valence-corrected chi connectivity index (χ3v) is 3.78. The number of alkyl halides is 1. The second kappa shape index (κ2) is 6.65. The molecule has 0 radical (unpaired) electrons. The van der Waals surface area contributed by atoms with E-state index >= 15 is 0 Å². The zero-order valence-electron chi connectivity index (χ0n) is 10.8. The van der Waals surface area contributed by atoms with Crippen LogP contribution in [0.5, 0.6) is 0 Å². The molecular weight excluding hydrogens is 318 g/mol. The molecule has 1 rings (SSSR count). The number of rotatable bonds is 6. The number of hydrogen-bond donors (Lipinski definition) is 0. The fraction of sp³-hybridized carbons (Fsp3) is 0.636. The minimum Gasteiger partial charge on any atom is -0.297 e. The predicted molar refractivity (Wildman–Crippen MR) is 74.8 cm³/mol. The normalized spacial score (nSPS) is 12.4. The molecular formula is C11H16BrN3O4. The molecule has 0 saturated heterocycles. The van der Waals surface area contributed by atoms with Gasteiger partial charge in [0.1, 0.15) is 0 Å². The van der Waals surface area contributed by atoms with Crippen molar-refractivity contribution in [2.75, 3.05) is 5.33 Å². The van der Waals surface area contributed by atoms with Gasteiger partial charge >= 0.3 is 16.9 Å². The molecule has 1 heterocycles. The van der Waals surface area contributed by atoms with Crippen molar-refractivity contribution < 1.29 is 4.92 Å². The van der Waals surface area contributed by atoms with Gasteiger partial charge in [0, 0.05) is 18.9 Å². The monoisotopic (exact) mass is 333 g/mol. The van der Waals surface area contributed by atoms with E-state index in [2.05, 4.69) is 15.9 Å². The largest absolute Gasteiger partial charge is 0.350 e. The summed E-state index contributed by atoms with van der Waals surface area (Å²) in [6.07, 6.45) is 2.72. The van der Waals surface area contributed by atoms with Gasteiger partial charge in [-0.15, -0.1) is 0 Å². The minimum absolute atomic E-state index is 0.0948. The van der Waals surface area contributed by atoms with Gasteiger partial charge in [-0.05, 0) is 12.3 Å². The maximum absolute atomic E-state index is 11.9. The summed E-state index contributed by atoms with van der Waals surface area (Å²) < 4.78 is 2.01. The Balaban J connectivity index is 3.30. The molecule has 7 nitrogen and oxygen atoms in total. The third kappa shape index (κ3) is 3.52. The SMILES string of the molecule is CCCC(CBr)Cn1c(=O)c([N+](=O)[O-])cn(C)c1=O. The summed E-state index contributed by atoms with van der Waals surface area (Å²) >= 11 is 3.33. The van der Waals surface area contributed by atoms with Crippen molar-refractivity contribution in [1.29, 1.82) is 0 Å². The van der Waals surface area contributed by atoms with Gasteiger partial charge in [0.05, 0.1) is 11.1 Å². The lowest BCUT2D eigenvalue weighted by Gasteiger charge is -2.14. The Morgan fingerprint density at radius 1 is 1.47 bits per heavy atom. The standard InChI is InChI=1S/C11H16BrN3O4/c1-3-4-8(5-12)6-14-10(16)9(15(18)19)7-13(2)11(14)17/h7-8H,3-6H2,1-2H3. The number of nitro groups is 1. The minimum atomic E-state index is -0.838. The number of nitrogens with zero attached hydrogens (tertiary/aromatic N) is 3. The van der Waals surface area contributed by atoms with Crippen LogP contribution in [0, 0.1) is 16.0 Å². The molecule has 0 N–H and O–H groups in total. The molecule has 0 aromatic carbocycles. The molecule has 1 atom stereocenters. The summed E-state index contributed by atoms with van der Waals surface area (Å²) in [6.45, 7) is 2.19. The van der Waals surface area contributed by atoms with E-state index in [9.17, 15) is 19.7 Å². The Bertz CT molecular complexity index is 578. The molecule has 0 fully saturated rings. The molecule has 1 unspecified atom stereocenters. The van der Waals surface area contributed by atoms with Crippen molar-refractivity contribution >= 4 is 21.6 Å². The highest BCUT2D eigenvalue weighted by Crippen LogP contribution is 2.11. The molecule has 106 valence electrons. The first-order valence-electron chi connectivity index (χ1n) is 5.93. The van der Waals surface area contributed by atoms with Gasteiger partial charge in [-0.25, -0.2) is 4.79 Å². The van der Waals surface area contributed by atoms with E-state index in [1.165, 1.54) is 7.05 Å². The van der Waals surface area contributed by atoms with Crippen LogP contribution in [0.1, 0.15) is 19.8 Å². The van der Waals surface area contributed by atoms with Crippen LogP contribution in [0.4, 0.5) is 5.69 Å². The van der Waals surface area contributed by atoms with Gasteiger partial charge in [-0.2, -0.15) is 0 Å². The summed E-state index contributed by atoms with van der Waals surface area (Å²) in [4.78, 5) is 33.9. The van der Waals surface area contributed by atoms with Gasteiger partial charge in [-0.1, -0.05) is 29.3 Å². The first-order valence-corrected chi connectivity index (χ1v) is 7.05. The quantitative estimate of drug-likeness (QED) is 0.445. The van der Waals surface area contributed by atoms with Crippen LogP contribution in [-0.2, 0) is 13.6 Å². The lowest BCUT2D eigenvalue weighted by molar-refractivity contribution is -0.387. The maximum atomic E-state index is 11.9. The van der Waals surface area contributed by atoms with Crippen molar-refractivity contribution in [3.63, 3.8) is 0 Å². The molecule has 0 spiro atoms. The van der Waals surface area contributed by atoms with Crippen LogP contribution in [-0.4, -0.2) is 19.4 Å². The van der Waals surface area contributed by atoms with E-state index in [0.29, 0.717) is 5.33 Å². The van der Waals surface area contributed by atoms with E-state index in [4.69, 9.17) is 0 Å². The van der Waals surface area contributed by atoms with Gasteiger partial charge in [0.25, 0.3) is 0 Å². The van der Waals surface area contributed by atoms with E-state index < -0.39 is 21.9 Å². The number of aryl methyl sites for hydroxylation is 1. The first kappa shape index (κ1) is 15.6. The second-order valence-corrected chi connectivity index (χ2v) is 5.04. The number of aromatic nitrogens is 2. The molecule has 0 aliphatic rings. The summed E-state index contributed by atoms with van der Waals surface area (Å²) in [6, 6.07) is 0. The van der Waals surface area contributed by atoms with Crippen LogP contribution < -0.4 is 11.2 Å². The smallest absolute Gasteiger partial charge is 0.297 e. The van der Waals surface area contributed by atoms with Crippen LogP contribution >= 0.6 is 15.9 Å². The molecule has 0 amide bonds. The van der Waals surface area contributed by atoms with Crippen LogP contribution in [0.3, 0.4) is 0 Å². The topological polar surface area (TPSA) is 87.1 Å². The highest BCUT2D eigenvalue weighted by molar-refractivity contribution is 9.09. The molecule has 8 heteroatoms. The van der Waals surface area contributed by atoms with Crippen molar-refractivity contribution in [3.8, 4) is 0 Å². The van der Waals surface area contributed by atoms with Crippen LogP contribution in [0.2, 0.25) is 0 Å². The number of hydrogen-bond acceptors (Lipinski definition) is 4. The Morgan fingerprint density at radius 3 is 2.58 bits per heavy atom. The second-order valence-electron chi connectivity index (χ2n) is 4.39. The lowest BCUT2D eigenvalue weighted by atomic mass is 10.1. The maximum Gasteiger partial charge on any atom is 0.350 e. The highest BCUT2D eigenvalue weighted by atomic mass is 79.9. The van der Waals surface area contributed by atoms with E-state index in [1.54, 1.807) is 0 Å². The zero-order valence-corrected chi connectivity index (χ0v) is 12.4. The molecule has 0 aliphatic carbocycles. The van der Waals surface area contributed by atoms with Gasteiger partial charge in [0.15, 0.2) is 0 Å². The molecule has 0 aliphatic heterocycles. The Kier molecular flexibility index (Phi) is 5.46. The summed E-state index contributed by atoms with van der Waals surface area (Å²) in [5.41, 5.74) is -1.94. The van der Waals surface area contributed by atoms with Crippen LogP contribution in [0.25, 0.3) is 0 Å². The summed E-state index contributed by atoms with van der Waals surface area (Å²) in [5, 5.41) is 11.4.